The van der Waals surface area contributed by atoms with Gasteiger partial charge in [-0.25, -0.2) is 4.98 Å². The van der Waals surface area contributed by atoms with Gasteiger partial charge < -0.3 is 11.1 Å². The lowest BCUT2D eigenvalue weighted by molar-refractivity contribution is -0.124. The summed E-state index contributed by atoms with van der Waals surface area (Å²) in [5, 5.41) is 4.55. The first kappa shape index (κ1) is 14.2. The Morgan fingerprint density at radius 1 is 1.58 bits per heavy atom. The van der Waals surface area contributed by atoms with Crippen LogP contribution in [0.4, 0.5) is 0 Å². The van der Waals surface area contributed by atoms with E-state index in [0.717, 1.165) is 21.6 Å². The molecule has 2 rings (SSSR count). The van der Waals surface area contributed by atoms with Gasteiger partial charge in [-0.1, -0.05) is 18.5 Å². The van der Waals surface area contributed by atoms with Crippen molar-refractivity contribution in [3.8, 4) is 0 Å². The fraction of sp³-hybridized carbons (Fsp3) is 0.385. The number of benzene rings is 1. The van der Waals surface area contributed by atoms with E-state index in [1.54, 1.807) is 11.3 Å². The molecular formula is C13H16ClN3OS. The molecule has 0 radical (unpaired) electrons. The first-order valence-corrected chi connectivity index (χ1v) is 7.32. The third-order valence-corrected chi connectivity index (χ3v) is 4.16. The highest BCUT2D eigenvalue weighted by atomic mass is 35.5. The van der Waals surface area contributed by atoms with Crippen LogP contribution in [0, 0.1) is 5.92 Å². The van der Waals surface area contributed by atoms with Crippen LogP contribution in [0.25, 0.3) is 10.2 Å². The van der Waals surface area contributed by atoms with E-state index in [4.69, 9.17) is 17.3 Å². The summed E-state index contributed by atoms with van der Waals surface area (Å²) in [7, 11) is 0. The number of carbonyl (C=O) groups excluding carboxylic acids is 1. The van der Waals surface area contributed by atoms with Gasteiger partial charge in [0.1, 0.15) is 0 Å². The zero-order valence-electron chi connectivity index (χ0n) is 10.6. The molecule has 1 atom stereocenters. The van der Waals surface area contributed by atoms with Crippen molar-refractivity contribution in [3.63, 3.8) is 0 Å². The molecule has 0 aliphatic carbocycles. The van der Waals surface area contributed by atoms with Gasteiger partial charge in [-0.2, -0.15) is 0 Å². The zero-order valence-corrected chi connectivity index (χ0v) is 12.2. The zero-order chi connectivity index (χ0) is 13.8. The summed E-state index contributed by atoms with van der Waals surface area (Å²) in [6, 6.07) is 5.68. The molecule has 0 aliphatic rings. The van der Waals surface area contributed by atoms with Crippen LogP contribution in [-0.2, 0) is 11.2 Å². The minimum Gasteiger partial charge on any atom is -0.355 e. The summed E-state index contributed by atoms with van der Waals surface area (Å²) >= 11 is 7.55. The normalized spacial score (nSPS) is 12.6. The topological polar surface area (TPSA) is 68.0 Å². The number of carbonyl (C=O) groups is 1. The molecule has 19 heavy (non-hydrogen) atoms. The van der Waals surface area contributed by atoms with E-state index in [1.165, 1.54) is 0 Å². The Morgan fingerprint density at radius 2 is 2.37 bits per heavy atom. The van der Waals surface area contributed by atoms with Gasteiger partial charge in [0.15, 0.2) is 0 Å². The maximum absolute atomic E-state index is 11.6. The molecular weight excluding hydrogens is 282 g/mol. The van der Waals surface area contributed by atoms with Gasteiger partial charge in [-0.15, -0.1) is 11.3 Å². The van der Waals surface area contributed by atoms with Crippen molar-refractivity contribution in [1.82, 2.24) is 10.3 Å². The second-order valence-corrected chi connectivity index (χ2v) is 5.95. The second-order valence-electron chi connectivity index (χ2n) is 4.40. The number of rotatable bonds is 5. The average molecular weight is 298 g/mol. The van der Waals surface area contributed by atoms with Gasteiger partial charge in [0.25, 0.3) is 0 Å². The number of hydrogen-bond donors (Lipinski definition) is 2. The molecule has 3 N–H and O–H groups in total. The minimum atomic E-state index is -0.144. The van der Waals surface area contributed by atoms with Gasteiger partial charge in [0, 0.05) is 30.5 Å². The first-order chi connectivity index (χ1) is 9.10. The highest BCUT2D eigenvalue weighted by Gasteiger charge is 2.10. The van der Waals surface area contributed by atoms with Crippen molar-refractivity contribution in [2.75, 3.05) is 13.1 Å². The molecule has 1 aromatic heterocycles. The number of aromatic nitrogens is 1. The molecule has 0 bridgehead atoms. The highest BCUT2D eigenvalue weighted by Crippen LogP contribution is 2.24. The molecule has 0 saturated carbocycles. The van der Waals surface area contributed by atoms with Crippen molar-refractivity contribution < 1.29 is 4.79 Å². The van der Waals surface area contributed by atoms with Gasteiger partial charge in [0.2, 0.25) is 5.91 Å². The van der Waals surface area contributed by atoms with Gasteiger partial charge >= 0.3 is 0 Å². The van der Waals surface area contributed by atoms with Crippen LogP contribution in [0.5, 0.6) is 0 Å². The molecule has 102 valence electrons. The van der Waals surface area contributed by atoms with Crippen molar-refractivity contribution in [2.45, 2.75) is 13.3 Å². The van der Waals surface area contributed by atoms with Crippen LogP contribution >= 0.6 is 22.9 Å². The van der Waals surface area contributed by atoms with Gasteiger partial charge in [0.05, 0.1) is 15.2 Å². The number of nitrogens with one attached hydrogen (secondary N) is 1. The molecule has 2 aromatic rings. The predicted molar refractivity (Wildman–Crippen MR) is 79.6 cm³/mol. The Bertz CT molecular complexity index is 584. The van der Waals surface area contributed by atoms with E-state index in [-0.39, 0.29) is 11.8 Å². The molecule has 0 spiro atoms. The Labute approximate surface area is 121 Å². The molecule has 6 heteroatoms. The van der Waals surface area contributed by atoms with Crippen LogP contribution in [0.1, 0.15) is 11.9 Å². The smallest absolute Gasteiger partial charge is 0.224 e. The second kappa shape index (κ2) is 6.32. The molecule has 0 saturated heterocycles. The lowest BCUT2D eigenvalue weighted by Gasteiger charge is -2.08. The predicted octanol–water partition coefficient (Wildman–Crippen LogP) is 2.20. The first-order valence-electron chi connectivity index (χ1n) is 6.13. The number of hydrogen-bond acceptors (Lipinski definition) is 4. The number of nitrogens with zero attached hydrogens (tertiary/aromatic N) is 1. The number of halogens is 1. The van der Waals surface area contributed by atoms with Crippen LogP contribution < -0.4 is 11.1 Å². The van der Waals surface area contributed by atoms with Crippen LogP contribution in [-0.4, -0.2) is 24.0 Å². The molecule has 1 heterocycles. The van der Waals surface area contributed by atoms with Gasteiger partial charge in [-0.05, 0) is 18.2 Å². The van der Waals surface area contributed by atoms with Gasteiger partial charge in [-0.3, -0.25) is 4.79 Å². The third-order valence-electron chi connectivity index (χ3n) is 2.83. The minimum absolute atomic E-state index is 0.00773. The summed E-state index contributed by atoms with van der Waals surface area (Å²) in [5.74, 6) is -0.152. The molecule has 4 nitrogen and oxygen atoms in total. The maximum atomic E-state index is 11.6. The summed E-state index contributed by atoms with van der Waals surface area (Å²) in [5.41, 5.74) is 6.35. The molecule has 0 aliphatic heterocycles. The van der Waals surface area contributed by atoms with Crippen molar-refractivity contribution in [1.29, 1.82) is 0 Å². The summed E-state index contributed by atoms with van der Waals surface area (Å²) in [6.45, 7) is 2.76. The SMILES string of the molecule is CC(CN)C(=O)NCCc1nc2cc(Cl)ccc2s1. The van der Waals surface area contributed by atoms with E-state index in [2.05, 4.69) is 10.3 Å². The van der Waals surface area contributed by atoms with Crippen molar-refractivity contribution in [3.05, 3.63) is 28.2 Å². The van der Waals surface area contributed by atoms with Crippen LogP contribution in [0.2, 0.25) is 5.02 Å². The van der Waals surface area contributed by atoms with E-state index >= 15 is 0 Å². The third kappa shape index (κ3) is 3.65. The molecule has 1 unspecified atom stereocenters. The summed E-state index contributed by atoms with van der Waals surface area (Å²) in [6.07, 6.45) is 0.722. The van der Waals surface area contributed by atoms with E-state index in [1.807, 2.05) is 25.1 Å². The molecule has 0 fully saturated rings. The van der Waals surface area contributed by atoms with Crippen LogP contribution in [0.15, 0.2) is 18.2 Å². The van der Waals surface area contributed by atoms with Crippen LogP contribution in [0.3, 0.4) is 0 Å². The maximum Gasteiger partial charge on any atom is 0.224 e. The Balaban J connectivity index is 1.93. The Hall–Kier alpha value is -1.17. The Kier molecular flexibility index (Phi) is 4.74. The lowest BCUT2D eigenvalue weighted by Crippen LogP contribution is -2.34. The fourth-order valence-corrected chi connectivity index (χ4v) is 2.74. The lowest BCUT2D eigenvalue weighted by atomic mass is 10.2. The van der Waals surface area contributed by atoms with Crippen molar-refractivity contribution in [2.24, 2.45) is 11.7 Å². The van der Waals surface area contributed by atoms with Crippen molar-refractivity contribution >= 4 is 39.1 Å². The van der Waals surface area contributed by atoms with E-state index in [0.29, 0.717) is 18.1 Å². The fourth-order valence-electron chi connectivity index (χ4n) is 1.63. The number of amides is 1. The number of thiazole rings is 1. The monoisotopic (exact) mass is 297 g/mol. The standard InChI is InChI=1S/C13H16ClN3OS/c1-8(7-15)13(18)16-5-4-12-17-10-6-9(14)2-3-11(10)19-12/h2-3,6,8H,4-5,7,15H2,1H3,(H,16,18). The number of fused-ring (bicyclic) bond motifs is 1. The van der Waals surface area contributed by atoms with E-state index in [9.17, 15) is 4.79 Å². The summed E-state index contributed by atoms with van der Waals surface area (Å²) in [4.78, 5) is 16.0. The van der Waals surface area contributed by atoms with E-state index < -0.39 is 0 Å². The largest absolute Gasteiger partial charge is 0.355 e. The summed E-state index contributed by atoms with van der Waals surface area (Å²) < 4.78 is 1.11. The molecule has 1 aromatic carbocycles. The quantitative estimate of drug-likeness (QED) is 0.889. The highest BCUT2D eigenvalue weighted by molar-refractivity contribution is 7.18. The average Bonchev–Trinajstić information content (AvgIpc) is 2.79. The molecule has 1 amide bonds. The number of nitrogens with two attached hydrogens (primary N) is 1. The Morgan fingerprint density at radius 3 is 3.11 bits per heavy atom.